The first-order valence-corrected chi connectivity index (χ1v) is 17.4. The summed E-state index contributed by atoms with van der Waals surface area (Å²) in [6.45, 7) is 3.85. The predicted octanol–water partition coefficient (Wildman–Crippen LogP) is 6.02. The third-order valence-electron chi connectivity index (χ3n) is 5.74. The number of aromatic nitrogens is 1. The summed E-state index contributed by atoms with van der Waals surface area (Å²) in [7, 11) is -11.8. The Morgan fingerprint density at radius 2 is 1.46 bits per heavy atom. The normalized spacial score (nSPS) is 12.9. The van der Waals surface area contributed by atoms with E-state index in [-0.39, 0.29) is 18.9 Å². The first kappa shape index (κ1) is 28.9. The predicted molar refractivity (Wildman–Crippen MR) is 157 cm³/mol. The average Bonchev–Trinajstić information content (AvgIpc) is 2.85. The van der Waals surface area contributed by atoms with E-state index in [9.17, 15) is 21.4 Å². The summed E-state index contributed by atoms with van der Waals surface area (Å²) in [6.07, 6.45) is 3.24. The average molecular weight is 589 g/mol. The highest BCUT2D eigenvalue weighted by Gasteiger charge is 2.28. The van der Waals surface area contributed by atoms with Crippen molar-refractivity contribution in [2.24, 2.45) is 0 Å². The molecule has 39 heavy (non-hydrogen) atoms. The molecule has 0 saturated heterocycles. The Morgan fingerprint density at radius 3 is 2.10 bits per heavy atom. The smallest absolute Gasteiger partial charge is 0.306 e. The molecule has 0 unspecified atom stereocenters. The number of anilines is 1. The lowest BCUT2D eigenvalue weighted by Gasteiger charge is -2.22. The van der Waals surface area contributed by atoms with Gasteiger partial charge in [-0.15, -0.1) is 0 Å². The largest absolute Gasteiger partial charge is 0.354 e. The molecule has 4 rings (SSSR count). The number of nitrogens with zero attached hydrogens (tertiary/aromatic N) is 2. The Labute approximate surface area is 228 Å². The van der Waals surface area contributed by atoms with Crippen LogP contribution < -0.4 is 3.71 Å². The van der Waals surface area contributed by atoms with Crippen molar-refractivity contribution in [3.8, 4) is 11.1 Å². The number of hydrogen-bond acceptors (Lipinski definition) is 8. The quantitative estimate of drug-likeness (QED) is 0.206. The number of hydrogen-bond donors (Lipinski definition) is 0. The highest BCUT2D eigenvalue weighted by Crippen LogP contribution is 2.50. The minimum Gasteiger partial charge on any atom is -0.306 e. The number of rotatable bonds is 10. The van der Waals surface area contributed by atoms with Gasteiger partial charge >= 0.3 is 7.60 Å². The van der Waals surface area contributed by atoms with E-state index < -0.39 is 27.6 Å². The minimum absolute atomic E-state index is 0.0299. The molecule has 0 spiro atoms. The molecule has 3 aromatic carbocycles. The molecule has 0 N–H and O–H groups in total. The van der Waals surface area contributed by atoms with Crippen LogP contribution in [-0.2, 0) is 33.7 Å². The SMILES string of the molecule is CCOP(=O)(C=Cc1ccc2cc(N(S(C)(=O)=O)S(C)(=O)=O)cc(-c3cccc4ccccc34)c2n1)OCC. The lowest BCUT2D eigenvalue weighted by molar-refractivity contribution is 0.229. The summed E-state index contributed by atoms with van der Waals surface area (Å²) in [6, 6.07) is 19.7. The Morgan fingerprint density at radius 1 is 0.821 bits per heavy atom. The second-order valence-electron chi connectivity index (χ2n) is 8.74. The second-order valence-corrected chi connectivity index (χ2v) is 14.5. The molecule has 4 aromatic rings. The molecule has 0 atom stereocenters. The van der Waals surface area contributed by atoms with Crippen molar-refractivity contribution in [2.75, 3.05) is 29.4 Å². The summed E-state index contributed by atoms with van der Waals surface area (Å²) in [5, 5.41) is 2.34. The van der Waals surface area contributed by atoms with Crippen molar-refractivity contribution in [3.63, 3.8) is 0 Å². The van der Waals surface area contributed by atoms with Crippen LogP contribution in [0, 0.1) is 0 Å². The van der Waals surface area contributed by atoms with Gasteiger partial charge in [0.05, 0.1) is 42.6 Å². The van der Waals surface area contributed by atoms with Crippen LogP contribution in [0.2, 0.25) is 0 Å². The topological polar surface area (TPSA) is 120 Å². The molecule has 0 saturated carbocycles. The zero-order valence-corrected chi connectivity index (χ0v) is 24.5. The van der Waals surface area contributed by atoms with Crippen molar-refractivity contribution in [3.05, 3.63) is 78.2 Å². The molecule has 0 aliphatic carbocycles. The van der Waals surface area contributed by atoms with E-state index in [1.165, 1.54) is 17.9 Å². The van der Waals surface area contributed by atoms with Gasteiger partial charge in [0.1, 0.15) is 0 Å². The van der Waals surface area contributed by atoms with Gasteiger partial charge in [0, 0.05) is 16.8 Å². The summed E-state index contributed by atoms with van der Waals surface area (Å²) in [4.78, 5) is 4.77. The Kier molecular flexibility index (Phi) is 8.30. The summed E-state index contributed by atoms with van der Waals surface area (Å²) in [5.41, 5.74) is 2.20. The van der Waals surface area contributed by atoms with Gasteiger partial charge in [0.2, 0.25) is 20.0 Å². The summed E-state index contributed by atoms with van der Waals surface area (Å²) in [5.74, 6) is 1.36. The number of sulfonamides is 2. The van der Waals surface area contributed by atoms with Crippen LogP contribution in [0.25, 0.3) is 38.9 Å². The van der Waals surface area contributed by atoms with Crippen LogP contribution in [-0.4, -0.2) is 47.5 Å². The Hall–Kier alpha value is -3.08. The fourth-order valence-corrected chi connectivity index (χ4v) is 8.62. The van der Waals surface area contributed by atoms with Crippen LogP contribution in [0.5, 0.6) is 0 Å². The lowest BCUT2D eigenvalue weighted by atomic mass is 9.95. The third kappa shape index (κ3) is 6.40. The minimum atomic E-state index is -4.17. The first-order valence-electron chi connectivity index (χ1n) is 12.1. The van der Waals surface area contributed by atoms with E-state index in [0.29, 0.717) is 25.9 Å². The van der Waals surface area contributed by atoms with E-state index in [4.69, 9.17) is 14.0 Å². The molecular weight excluding hydrogens is 559 g/mol. The van der Waals surface area contributed by atoms with E-state index in [1.807, 2.05) is 42.5 Å². The maximum atomic E-state index is 12.9. The fourth-order valence-electron chi connectivity index (χ4n) is 4.38. The molecule has 1 aromatic heterocycles. The van der Waals surface area contributed by atoms with Crippen LogP contribution in [0.1, 0.15) is 19.5 Å². The van der Waals surface area contributed by atoms with E-state index in [1.54, 1.807) is 32.1 Å². The highest BCUT2D eigenvalue weighted by atomic mass is 32.3. The maximum absolute atomic E-state index is 12.9. The van der Waals surface area contributed by atoms with E-state index in [0.717, 1.165) is 28.8 Å². The highest BCUT2D eigenvalue weighted by molar-refractivity contribution is 8.09. The molecule has 0 fully saturated rings. The van der Waals surface area contributed by atoms with E-state index in [2.05, 4.69) is 0 Å². The van der Waals surface area contributed by atoms with Crippen molar-refractivity contribution in [1.82, 2.24) is 4.98 Å². The monoisotopic (exact) mass is 588 g/mol. The molecule has 0 aliphatic heterocycles. The van der Waals surface area contributed by atoms with Crippen molar-refractivity contribution in [1.29, 1.82) is 0 Å². The third-order valence-corrected chi connectivity index (χ3v) is 10.7. The molecule has 0 bridgehead atoms. The van der Waals surface area contributed by atoms with Gasteiger partial charge in [-0.1, -0.05) is 48.5 Å². The zero-order chi connectivity index (χ0) is 28.4. The summed E-state index contributed by atoms with van der Waals surface area (Å²) < 4.78 is 74.3. The molecule has 9 nitrogen and oxygen atoms in total. The van der Waals surface area contributed by atoms with Crippen molar-refractivity contribution < 1.29 is 30.4 Å². The zero-order valence-electron chi connectivity index (χ0n) is 21.9. The first-order chi connectivity index (χ1) is 18.4. The lowest BCUT2D eigenvalue weighted by Crippen LogP contribution is -2.35. The molecule has 12 heteroatoms. The number of pyridine rings is 1. The van der Waals surface area contributed by atoms with Gasteiger partial charge in [-0.25, -0.2) is 21.8 Å². The molecule has 206 valence electrons. The fraction of sp³-hybridized carbons (Fsp3) is 0.222. The van der Waals surface area contributed by atoms with Crippen LogP contribution in [0.4, 0.5) is 5.69 Å². The van der Waals surface area contributed by atoms with Gasteiger partial charge in [-0.05, 0) is 54.5 Å². The molecule has 0 amide bonds. The summed E-state index contributed by atoms with van der Waals surface area (Å²) >= 11 is 0. The molecular formula is C27H29N2O7PS2. The van der Waals surface area contributed by atoms with Gasteiger partial charge in [-0.2, -0.15) is 3.71 Å². The van der Waals surface area contributed by atoms with Crippen molar-refractivity contribution >= 4 is 61.1 Å². The van der Waals surface area contributed by atoms with Gasteiger partial charge in [-0.3, -0.25) is 4.57 Å². The molecule has 0 radical (unpaired) electrons. The molecule has 0 aliphatic rings. The van der Waals surface area contributed by atoms with Gasteiger partial charge in [0.25, 0.3) is 0 Å². The Bertz CT molecular complexity index is 1790. The van der Waals surface area contributed by atoms with Crippen LogP contribution >= 0.6 is 7.60 Å². The van der Waals surface area contributed by atoms with Crippen LogP contribution in [0.3, 0.4) is 0 Å². The van der Waals surface area contributed by atoms with Gasteiger partial charge in [0.15, 0.2) is 0 Å². The standard InChI is InChI=1S/C27H29N2O7PS2/c1-5-35-37(30,36-6-2)17-16-22-15-14-21-18-23(29(38(3,31)32)39(4,33)34)19-26(27(21)28-22)25-13-9-11-20-10-7-8-12-24(20)25/h7-19H,5-6H2,1-4H3. The maximum Gasteiger partial charge on any atom is 0.354 e. The van der Waals surface area contributed by atoms with Crippen molar-refractivity contribution in [2.45, 2.75) is 13.8 Å². The molecule has 1 heterocycles. The van der Waals surface area contributed by atoms with E-state index >= 15 is 0 Å². The number of benzene rings is 3. The van der Waals surface area contributed by atoms with Gasteiger partial charge < -0.3 is 9.05 Å². The second kappa shape index (κ2) is 11.2. The van der Waals surface area contributed by atoms with Crippen LogP contribution in [0.15, 0.2) is 72.5 Å². The Balaban J connectivity index is 2.02. The number of fused-ring (bicyclic) bond motifs is 2.